The van der Waals surface area contributed by atoms with Gasteiger partial charge < -0.3 is 13.9 Å². The van der Waals surface area contributed by atoms with Crippen molar-refractivity contribution < 1.29 is 37.2 Å². The van der Waals surface area contributed by atoms with E-state index in [1.807, 2.05) is 54.7 Å². The van der Waals surface area contributed by atoms with Gasteiger partial charge in [-0.15, -0.1) is 29.7 Å². The fraction of sp³-hybridized carbons (Fsp3) is 0.167. The number of rotatable bonds is 6. The summed E-state index contributed by atoms with van der Waals surface area (Å²) >= 11 is 0. The molecule has 0 saturated heterocycles. The van der Waals surface area contributed by atoms with Crippen LogP contribution in [0.4, 0.5) is 0 Å². The maximum absolute atomic E-state index is 9.33. The first-order chi connectivity index (χ1) is 39.2. The van der Waals surface area contributed by atoms with E-state index >= 15 is 0 Å². The minimum absolute atomic E-state index is 0. The minimum atomic E-state index is -0.433. The molecule has 1 aliphatic rings. The van der Waals surface area contributed by atoms with Gasteiger partial charge in [-0.25, -0.2) is 4.98 Å². The predicted molar refractivity (Wildman–Crippen MR) is 317 cm³/mol. The van der Waals surface area contributed by atoms with Gasteiger partial charge in [0.05, 0.1) is 23.6 Å². The third-order valence-corrected chi connectivity index (χ3v) is 15.1. The summed E-state index contributed by atoms with van der Waals surface area (Å²) < 4.78 is 58.2. The summed E-state index contributed by atoms with van der Waals surface area (Å²) in [4.78, 5) is 4.90. The smallest absolute Gasteiger partial charge is 0.268 e. The number of hydrogen-bond acceptors (Lipinski definition) is 2. The standard InChI is InChI=1S/C72H60N4O.Pt/c1-70(2,3)49-34-32-46(33-35-49)48-40-61-55-24-13-14-26-58(55)67-54(47-20-11-10-12-21-47)27-18-28-59(67)60-29-19-30-62(72(7,8)9)68(60)75-45-74(65(41-48)69(61)75)51-22-17-23-52(43-51)77-53-36-37-57-56-25-15-16-31-63(56)76(64(57)44-53)66-42-50(38-39-73-66)71(4,5)6;/h10-42H,1-9H3;/q-2;/i10D,11D,12D,20D,21D;. The summed E-state index contributed by atoms with van der Waals surface area (Å²) in [6.07, 6.45) is 5.82. The average molecular weight is 1200 g/mol. The first-order valence-electron chi connectivity index (χ1n) is 28.9. The fourth-order valence-corrected chi connectivity index (χ4v) is 11.2. The maximum Gasteiger partial charge on any atom is 0.268 e. The van der Waals surface area contributed by atoms with Gasteiger partial charge in [0.1, 0.15) is 5.82 Å². The van der Waals surface area contributed by atoms with E-state index in [0.717, 1.165) is 94.4 Å². The molecule has 0 N–H and O–H groups in total. The molecule has 5 nitrogen and oxygen atoms in total. The Hall–Kier alpha value is -8.11. The van der Waals surface area contributed by atoms with Crippen LogP contribution in [0.2, 0.25) is 0 Å². The molecule has 386 valence electrons. The zero-order valence-corrected chi connectivity index (χ0v) is 47.5. The number of hydrogen-bond donors (Lipinski definition) is 0. The molecule has 3 aromatic heterocycles. The van der Waals surface area contributed by atoms with Gasteiger partial charge in [-0.05, 0) is 124 Å². The van der Waals surface area contributed by atoms with Crippen LogP contribution in [0.5, 0.6) is 11.5 Å². The van der Waals surface area contributed by atoms with Gasteiger partial charge in [-0.1, -0.05) is 207 Å². The summed E-state index contributed by atoms with van der Waals surface area (Å²) in [5, 5.41) is 2.14. The van der Waals surface area contributed by atoms with E-state index in [4.69, 9.17) is 13.8 Å². The zero-order chi connectivity index (χ0) is 57.3. The molecule has 9 aromatic carbocycles. The molecule has 4 heterocycles. The topological polar surface area (TPSA) is 35.9 Å². The molecule has 0 saturated carbocycles. The number of para-hydroxylation sites is 2. The molecule has 0 fully saturated rings. The summed E-state index contributed by atoms with van der Waals surface area (Å²) in [6, 6.07) is 62.2. The van der Waals surface area contributed by atoms with Gasteiger partial charge in [0.15, 0.2) is 0 Å². The Balaban J connectivity index is 0.00000680. The van der Waals surface area contributed by atoms with Gasteiger partial charge in [0, 0.05) is 44.3 Å². The molecule has 0 unspecified atom stereocenters. The number of pyridine rings is 1. The summed E-state index contributed by atoms with van der Waals surface area (Å²) in [5.41, 5.74) is 16.1. The van der Waals surface area contributed by atoms with E-state index in [0.29, 0.717) is 22.7 Å². The van der Waals surface area contributed by atoms with Crippen molar-refractivity contribution in [2.75, 3.05) is 0 Å². The quantitative estimate of drug-likeness (QED) is 0.123. The molecule has 0 atom stereocenters. The Morgan fingerprint density at radius 2 is 1.19 bits per heavy atom. The number of fused-ring (bicyclic) bond motifs is 10. The number of aromatic nitrogens is 4. The molecule has 1 aliphatic heterocycles. The van der Waals surface area contributed by atoms with Gasteiger partial charge in [-0.3, -0.25) is 4.57 Å². The van der Waals surface area contributed by atoms with E-state index in [1.165, 1.54) is 11.1 Å². The van der Waals surface area contributed by atoms with Gasteiger partial charge in [0.2, 0.25) is 0 Å². The molecule has 0 amide bonds. The molecular formula is C72H60N4OPt-2. The van der Waals surface area contributed by atoms with Crippen LogP contribution in [-0.4, -0.2) is 14.1 Å². The summed E-state index contributed by atoms with van der Waals surface area (Å²) in [5.74, 6) is 1.83. The Bertz CT molecular complexity index is 4580. The van der Waals surface area contributed by atoms with Crippen molar-refractivity contribution in [3.63, 3.8) is 0 Å². The van der Waals surface area contributed by atoms with Crippen molar-refractivity contribution in [2.45, 2.75) is 78.6 Å². The number of benzene rings is 9. The van der Waals surface area contributed by atoms with Gasteiger partial charge in [0.25, 0.3) is 6.33 Å². The molecule has 0 radical (unpaired) electrons. The van der Waals surface area contributed by atoms with Crippen LogP contribution >= 0.6 is 0 Å². The van der Waals surface area contributed by atoms with Gasteiger partial charge >= 0.3 is 0 Å². The van der Waals surface area contributed by atoms with E-state index in [1.54, 1.807) is 0 Å². The summed E-state index contributed by atoms with van der Waals surface area (Å²) in [6.45, 7) is 20.0. The normalized spacial score (nSPS) is 13.2. The molecule has 0 spiro atoms. The van der Waals surface area contributed by atoms with Crippen molar-refractivity contribution >= 4 is 32.8 Å². The predicted octanol–water partition coefficient (Wildman–Crippen LogP) is 18.1. The third kappa shape index (κ3) is 8.70. The zero-order valence-electron chi connectivity index (χ0n) is 50.2. The van der Waals surface area contributed by atoms with Crippen molar-refractivity contribution in [1.82, 2.24) is 14.1 Å². The SMILES string of the molecule is [2H]c1c([2H])c([2H])c(-c2cccc3c2-c2ccccc2-c2cc(-c4ccc(C(C)(C)C)cc4)cc4c2[n+]([c-]n4-c2[c-]c(Oc4[c-]c5c(cc4)c4ccccc4n5-c4cc(C(C)(C)C)ccn4)ccc2)-c2c-3cccc2C(C)(C)C)c([2H])c1[2H].[Pt]. The monoisotopic (exact) mass is 1200 g/mol. The number of ether oxygens (including phenoxy) is 1. The Labute approximate surface area is 479 Å². The second-order valence-corrected chi connectivity index (χ2v) is 23.3. The van der Waals surface area contributed by atoms with Crippen LogP contribution in [-0.2, 0) is 37.3 Å². The van der Waals surface area contributed by atoms with Crippen LogP contribution in [0, 0.1) is 18.5 Å². The van der Waals surface area contributed by atoms with E-state index in [2.05, 4.69) is 210 Å². The molecule has 13 rings (SSSR count). The van der Waals surface area contributed by atoms with Crippen LogP contribution in [0.1, 0.15) is 85.9 Å². The van der Waals surface area contributed by atoms with Crippen molar-refractivity contribution in [3.8, 4) is 84.3 Å². The first kappa shape index (κ1) is 45.0. The average Bonchev–Trinajstić information content (AvgIpc) is 2.69. The van der Waals surface area contributed by atoms with E-state index in [-0.39, 0.29) is 67.0 Å². The Morgan fingerprint density at radius 3 is 1.96 bits per heavy atom. The van der Waals surface area contributed by atoms with E-state index < -0.39 is 6.04 Å². The van der Waals surface area contributed by atoms with Crippen LogP contribution in [0.25, 0.3) is 106 Å². The second kappa shape index (κ2) is 19.1. The van der Waals surface area contributed by atoms with Crippen LogP contribution in [0.15, 0.2) is 200 Å². The van der Waals surface area contributed by atoms with Crippen molar-refractivity contribution in [3.05, 3.63) is 235 Å². The van der Waals surface area contributed by atoms with Crippen molar-refractivity contribution in [2.24, 2.45) is 0 Å². The van der Waals surface area contributed by atoms with Crippen molar-refractivity contribution in [1.29, 1.82) is 0 Å². The largest absolute Gasteiger partial charge is 0.510 e. The molecule has 6 heteroatoms. The fourth-order valence-electron chi connectivity index (χ4n) is 11.2. The molecular weight excluding hydrogens is 1130 g/mol. The first-order valence-corrected chi connectivity index (χ1v) is 26.4. The molecule has 0 aliphatic carbocycles. The maximum atomic E-state index is 9.33. The second-order valence-electron chi connectivity index (χ2n) is 23.3. The molecule has 12 aromatic rings. The van der Waals surface area contributed by atoms with Crippen LogP contribution in [0.3, 0.4) is 0 Å². The minimum Gasteiger partial charge on any atom is -0.510 e. The van der Waals surface area contributed by atoms with Gasteiger partial charge in [-0.2, -0.15) is 18.2 Å². The molecule has 0 bridgehead atoms. The Morgan fingerprint density at radius 1 is 0.513 bits per heavy atom. The third-order valence-electron chi connectivity index (χ3n) is 15.1. The number of nitrogens with zero attached hydrogens (tertiary/aromatic N) is 4. The number of imidazole rings is 1. The Kier molecular flexibility index (Phi) is 11.0. The van der Waals surface area contributed by atoms with E-state index in [9.17, 15) is 2.74 Å². The van der Waals surface area contributed by atoms with Crippen LogP contribution < -0.4 is 9.30 Å². The summed E-state index contributed by atoms with van der Waals surface area (Å²) in [7, 11) is 0. The molecule has 78 heavy (non-hydrogen) atoms.